The molecule has 0 atom stereocenters. The maximum absolute atomic E-state index is 12.2. The maximum Gasteiger partial charge on any atom is 0.345 e. The van der Waals surface area contributed by atoms with Gasteiger partial charge in [-0.2, -0.15) is 0 Å². The van der Waals surface area contributed by atoms with Crippen LogP contribution in [-0.2, 0) is 23.6 Å². The van der Waals surface area contributed by atoms with Crippen LogP contribution in [0, 0.1) is 0 Å². The van der Waals surface area contributed by atoms with Gasteiger partial charge in [0.25, 0.3) is 0 Å². The van der Waals surface area contributed by atoms with Crippen molar-refractivity contribution in [3.05, 3.63) is 69.3 Å². The summed E-state index contributed by atoms with van der Waals surface area (Å²) in [5, 5.41) is 7.31. The third-order valence-electron chi connectivity index (χ3n) is 3.65. The minimum Gasteiger partial charge on any atom is -0.277 e. The van der Waals surface area contributed by atoms with E-state index >= 15 is 0 Å². The lowest BCUT2D eigenvalue weighted by molar-refractivity contribution is 0.556. The van der Waals surface area contributed by atoms with E-state index in [-0.39, 0.29) is 18.8 Å². The number of sulfonamides is 1. The molecule has 1 N–H and O–H groups in total. The summed E-state index contributed by atoms with van der Waals surface area (Å²) in [5.74, 6) is 0.567. The van der Waals surface area contributed by atoms with E-state index < -0.39 is 10.0 Å². The summed E-state index contributed by atoms with van der Waals surface area (Å²) in [6, 6.07) is 12.9. The number of hydrogen-bond acceptors (Lipinski definition) is 5. The zero-order valence-electron chi connectivity index (χ0n) is 14.1. The Morgan fingerprint density at radius 1 is 1.19 bits per heavy atom. The van der Waals surface area contributed by atoms with E-state index in [1.54, 1.807) is 7.05 Å². The van der Waals surface area contributed by atoms with Crippen LogP contribution in [0.5, 0.6) is 0 Å². The number of rotatable bonds is 7. The van der Waals surface area contributed by atoms with Gasteiger partial charge in [-0.3, -0.25) is 4.57 Å². The second kappa shape index (κ2) is 7.81. The van der Waals surface area contributed by atoms with Gasteiger partial charge in [0.15, 0.2) is 5.82 Å². The summed E-state index contributed by atoms with van der Waals surface area (Å²) in [7, 11) is -1.94. The second-order valence-electron chi connectivity index (χ2n) is 5.52. The summed E-state index contributed by atoms with van der Waals surface area (Å²) in [6.45, 7) is 0.221. The van der Waals surface area contributed by atoms with Crippen molar-refractivity contribution in [2.75, 3.05) is 6.54 Å². The predicted octanol–water partition coefficient (Wildman–Crippen LogP) is 1.90. The van der Waals surface area contributed by atoms with Gasteiger partial charge >= 0.3 is 5.69 Å². The molecule has 2 heterocycles. The van der Waals surface area contributed by atoms with Gasteiger partial charge in [0, 0.05) is 19.0 Å². The van der Waals surface area contributed by atoms with Gasteiger partial charge in [0.05, 0.1) is 11.4 Å². The maximum atomic E-state index is 12.2. The van der Waals surface area contributed by atoms with E-state index in [0.29, 0.717) is 5.82 Å². The van der Waals surface area contributed by atoms with Crippen LogP contribution < -0.4 is 10.4 Å². The Morgan fingerprint density at radius 2 is 1.96 bits per heavy atom. The summed E-state index contributed by atoms with van der Waals surface area (Å²) in [6.07, 6.45) is 1.52. The Labute approximate surface area is 155 Å². The normalized spacial score (nSPS) is 12.0. The Balaban J connectivity index is 1.64. The van der Waals surface area contributed by atoms with Crippen LogP contribution in [-0.4, -0.2) is 29.3 Å². The second-order valence-corrected chi connectivity index (χ2v) is 8.12. The number of nitrogens with one attached hydrogen (secondary N) is 1. The Morgan fingerprint density at radius 3 is 2.65 bits per heavy atom. The predicted molar refractivity (Wildman–Crippen MR) is 103 cm³/mol. The first-order valence-electron chi connectivity index (χ1n) is 7.87. The highest BCUT2D eigenvalue weighted by atomic mass is 32.2. The molecule has 26 heavy (non-hydrogen) atoms. The van der Waals surface area contributed by atoms with Gasteiger partial charge in [0.2, 0.25) is 10.0 Å². The standard InChI is InChI=1S/C17H18N4O3S2/c1-20-16(15-8-5-12-25-15)19-21(17(20)22)11-10-18-26(23,24)13-9-14-6-3-2-4-7-14/h2-9,12-13,18H,10-11H2,1H3. The monoisotopic (exact) mass is 390 g/mol. The zero-order chi connectivity index (χ0) is 18.6. The topological polar surface area (TPSA) is 86.0 Å². The molecule has 0 radical (unpaired) electrons. The molecule has 7 nitrogen and oxygen atoms in total. The van der Waals surface area contributed by atoms with E-state index in [2.05, 4.69) is 9.82 Å². The molecule has 3 aromatic rings. The van der Waals surface area contributed by atoms with Gasteiger partial charge in [-0.25, -0.2) is 22.6 Å². The van der Waals surface area contributed by atoms with Crippen LogP contribution in [0.4, 0.5) is 0 Å². The highest BCUT2D eigenvalue weighted by Gasteiger charge is 2.13. The number of thiophene rings is 1. The molecule has 0 fully saturated rings. The van der Waals surface area contributed by atoms with Gasteiger partial charge in [-0.15, -0.1) is 16.4 Å². The SMILES string of the molecule is Cn1c(-c2cccs2)nn(CCNS(=O)(=O)C=Cc2ccccc2)c1=O. The van der Waals surface area contributed by atoms with Crippen molar-refractivity contribution in [1.29, 1.82) is 0 Å². The number of aromatic nitrogens is 3. The molecular formula is C17H18N4O3S2. The van der Waals surface area contributed by atoms with Crippen molar-refractivity contribution in [3.8, 4) is 10.7 Å². The van der Waals surface area contributed by atoms with Gasteiger partial charge in [-0.05, 0) is 23.1 Å². The van der Waals surface area contributed by atoms with Crippen molar-refractivity contribution < 1.29 is 8.42 Å². The summed E-state index contributed by atoms with van der Waals surface area (Å²) in [4.78, 5) is 13.1. The van der Waals surface area contributed by atoms with Gasteiger partial charge in [-0.1, -0.05) is 36.4 Å². The molecule has 1 aromatic carbocycles. The molecule has 0 bridgehead atoms. The molecule has 0 aliphatic heterocycles. The lowest BCUT2D eigenvalue weighted by Gasteiger charge is -2.02. The molecule has 0 amide bonds. The highest BCUT2D eigenvalue weighted by molar-refractivity contribution is 7.92. The minimum absolute atomic E-state index is 0.0717. The van der Waals surface area contributed by atoms with Crippen molar-refractivity contribution in [1.82, 2.24) is 19.1 Å². The van der Waals surface area contributed by atoms with E-state index in [9.17, 15) is 13.2 Å². The molecule has 0 unspecified atom stereocenters. The third kappa shape index (κ3) is 4.37. The first kappa shape index (κ1) is 18.3. The minimum atomic E-state index is -3.59. The van der Waals surface area contributed by atoms with E-state index in [1.807, 2.05) is 47.8 Å². The lowest BCUT2D eigenvalue weighted by atomic mass is 10.2. The number of hydrogen-bond donors (Lipinski definition) is 1. The average molecular weight is 390 g/mol. The first-order valence-corrected chi connectivity index (χ1v) is 10.3. The molecule has 0 aliphatic carbocycles. The first-order chi connectivity index (χ1) is 12.5. The van der Waals surface area contributed by atoms with Crippen LogP contribution in [0.15, 0.2) is 58.0 Å². The molecule has 9 heteroatoms. The lowest BCUT2D eigenvalue weighted by Crippen LogP contribution is -2.30. The average Bonchev–Trinajstić information content (AvgIpc) is 3.25. The van der Waals surface area contributed by atoms with Crippen molar-refractivity contribution in [2.45, 2.75) is 6.54 Å². The van der Waals surface area contributed by atoms with Gasteiger partial charge in [0.1, 0.15) is 0 Å². The molecule has 2 aromatic heterocycles. The van der Waals surface area contributed by atoms with Gasteiger partial charge < -0.3 is 0 Å². The summed E-state index contributed by atoms with van der Waals surface area (Å²) >= 11 is 1.49. The Hall–Kier alpha value is -2.49. The summed E-state index contributed by atoms with van der Waals surface area (Å²) in [5.41, 5.74) is 0.506. The quantitative estimate of drug-likeness (QED) is 0.668. The van der Waals surface area contributed by atoms with Crippen LogP contribution in [0.2, 0.25) is 0 Å². The molecule has 3 rings (SSSR count). The zero-order valence-corrected chi connectivity index (χ0v) is 15.7. The van der Waals surface area contributed by atoms with E-state index in [4.69, 9.17) is 0 Å². The molecule has 0 saturated carbocycles. The fourth-order valence-electron chi connectivity index (χ4n) is 2.33. The summed E-state index contributed by atoms with van der Waals surface area (Å²) < 4.78 is 29.2. The largest absolute Gasteiger partial charge is 0.345 e. The van der Waals surface area contributed by atoms with Crippen LogP contribution in [0.25, 0.3) is 16.8 Å². The van der Waals surface area contributed by atoms with E-state index in [0.717, 1.165) is 15.8 Å². The highest BCUT2D eigenvalue weighted by Crippen LogP contribution is 2.20. The van der Waals surface area contributed by atoms with Crippen LogP contribution >= 0.6 is 11.3 Å². The fraction of sp³-hybridized carbons (Fsp3) is 0.176. The number of nitrogens with zero attached hydrogens (tertiary/aromatic N) is 3. The van der Waals surface area contributed by atoms with E-state index in [1.165, 1.54) is 26.7 Å². The Bertz CT molecular complexity index is 1050. The Kier molecular flexibility index (Phi) is 5.50. The number of benzene rings is 1. The molecule has 136 valence electrons. The smallest absolute Gasteiger partial charge is 0.277 e. The van der Waals surface area contributed by atoms with Crippen LogP contribution in [0.3, 0.4) is 0 Å². The molecular weight excluding hydrogens is 372 g/mol. The van der Waals surface area contributed by atoms with Crippen LogP contribution in [0.1, 0.15) is 5.56 Å². The molecule has 0 spiro atoms. The fourth-order valence-corrected chi connectivity index (χ4v) is 3.88. The van der Waals surface area contributed by atoms with Crippen molar-refractivity contribution in [3.63, 3.8) is 0 Å². The molecule has 0 saturated heterocycles. The molecule has 0 aliphatic rings. The van der Waals surface area contributed by atoms with Crippen molar-refractivity contribution >= 4 is 27.4 Å². The third-order valence-corrected chi connectivity index (χ3v) is 5.62. The van der Waals surface area contributed by atoms with Crippen molar-refractivity contribution in [2.24, 2.45) is 7.05 Å².